The zero-order valence-electron chi connectivity index (χ0n) is 12.0. The van der Waals surface area contributed by atoms with E-state index in [2.05, 4.69) is 40.7 Å². The molecular weight excluding hydrogens is 319 g/mol. The van der Waals surface area contributed by atoms with Gasteiger partial charge in [0, 0.05) is 0 Å². The second-order valence-corrected chi connectivity index (χ2v) is 6.39. The number of halogens is 2. The predicted molar refractivity (Wildman–Crippen MR) is 83.4 cm³/mol. The standard InChI is InChI=1S/C13H22OSi.2ClH.Ti/c1-8-10(7-15)6-11(14)9(2)12(8)13(3,4)5;;;/h6,14H,7H2,1-5,15H3;2*1H;/q;;;+1/p-1. The van der Waals surface area contributed by atoms with Gasteiger partial charge >= 0.3 is 115 Å². The molecule has 1 aromatic carbocycles. The summed E-state index contributed by atoms with van der Waals surface area (Å²) in [5.41, 5.74) is 5.86. The summed E-state index contributed by atoms with van der Waals surface area (Å²) in [7, 11) is 1.20. The van der Waals surface area contributed by atoms with Gasteiger partial charge in [-0.1, -0.05) is 0 Å². The van der Waals surface area contributed by atoms with Crippen LogP contribution in [0.15, 0.2) is 6.07 Å². The molecule has 0 atom stereocenters. The molecule has 0 aromatic heterocycles. The molecule has 0 heterocycles. The van der Waals surface area contributed by atoms with Gasteiger partial charge in [-0.25, -0.2) is 0 Å². The number of benzene rings is 1. The van der Waals surface area contributed by atoms with E-state index in [0.29, 0.717) is 0 Å². The van der Waals surface area contributed by atoms with Crippen molar-refractivity contribution < 1.29 is 24.1 Å². The topological polar surface area (TPSA) is 9.23 Å². The first kappa shape index (κ1) is 20.8. The van der Waals surface area contributed by atoms with Crippen molar-refractivity contribution in [1.29, 1.82) is 0 Å². The van der Waals surface area contributed by atoms with Crippen LogP contribution < -0.4 is 3.32 Å². The molecule has 1 nitrogen and oxygen atoms in total. The maximum Gasteiger partial charge on any atom is -0.147 e. The molecule has 0 amide bonds. The van der Waals surface area contributed by atoms with E-state index >= 15 is 0 Å². The molecule has 18 heavy (non-hydrogen) atoms. The van der Waals surface area contributed by atoms with Crippen LogP contribution in [0.25, 0.3) is 0 Å². The molecule has 0 bridgehead atoms. The SMILES string of the molecule is Cc1c(C[SiH3])cc([O][Ti])c(C)c1C(C)(C)C.Cl.Cl. The van der Waals surface area contributed by atoms with Crippen LogP contribution in [-0.2, 0) is 32.3 Å². The van der Waals surface area contributed by atoms with Crippen LogP contribution in [0, 0.1) is 13.8 Å². The van der Waals surface area contributed by atoms with Crippen molar-refractivity contribution in [1.82, 2.24) is 0 Å². The molecule has 0 spiro atoms. The summed E-state index contributed by atoms with van der Waals surface area (Å²) in [6, 6.07) is 3.42. The van der Waals surface area contributed by atoms with Crippen molar-refractivity contribution in [2.24, 2.45) is 0 Å². The Morgan fingerprint density at radius 2 is 1.67 bits per heavy atom. The average Bonchev–Trinajstić information content (AvgIpc) is 2.16. The molecule has 5 heteroatoms. The van der Waals surface area contributed by atoms with Crippen molar-refractivity contribution in [3.63, 3.8) is 0 Å². The van der Waals surface area contributed by atoms with Gasteiger partial charge in [0.1, 0.15) is 0 Å². The maximum absolute atomic E-state index is 5.49. The van der Waals surface area contributed by atoms with Gasteiger partial charge in [0.2, 0.25) is 0 Å². The molecule has 0 saturated heterocycles. The van der Waals surface area contributed by atoms with E-state index in [9.17, 15) is 0 Å². The largest absolute Gasteiger partial charge is 0.147 e. The predicted octanol–water partition coefficient (Wildman–Crippen LogP) is 3.15. The summed E-state index contributed by atoms with van der Waals surface area (Å²) in [6.45, 7) is 11.2. The normalized spacial score (nSPS) is 10.4. The van der Waals surface area contributed by atoms with Gasteiger partial charge in [-0.3, -0.25) is 0 Å². The fourth-order valence-electron chi connectivity index (χ4n) is 2.54. The quantitative estimate of drug-likeness (QED) is 0.751. The Morgan fingerprint density at radius 3 is 2.00 bits per heavy atom. The summed E-state index contributed by atoms with van der Waals surface area (Å²) in [5.74, 6) is 1.04. The van der Waals surface area contributed by atoms with Gasteiger partial charge in [0.05, 0.1) is 0 Å². The van der Waals surface area contributed by atoms with Gasteiger partial charge < -0.3 is 0 Å². The summed E-state index contributed by atoms with van der Waals surface area (Å²) in [6.07, 6.45) is 0. The molecule has 0 aliphatic heterocycles. The third kappa shape index (κ3) is 4.28. The first-order chi connectivity index (χ1) is 7.32. The number of hydrogen-bond donors (Lipinski definition) is 0. The Labute approximate surface area is 139 Å². The van der Waals surface area contributed by atoms with Gasteiger partial charge in [0.25, 0.3) is 0 Å². The van der Waals surface area contributed by atoms with Gasteiger partial charge in [-0.05, 0) is 0 Å². The second kappa shape index (κ2) is 7.96. The Kier molecular flexibility index (Phi) is 9.22. The molecule has 0 fully saturated rings. The van der Waals surface area contributed by atoms with Gasteiger partial charge in [-0.15, -0.1) is 24.8 Å². The molecular formula is C13H23Cl2OSiTi. The number of rotatable bonds is 2. The van der Waals surface area contributed by atoms with E-state index in [4.69, 9.17) is 3.32 Å². The molecule has 0 N–H and O–H groups in total. The zero-order chi connectivity index (χ0) is 12.5. The van der Waals surface area contributed by atoms with E-state index in [0.717, 1.165) is 5.75 Å². The zero-order valence-corrected chi connectivity index (χ0v) is 17.2. The van der Waals surface area contributed by atoms with E-state index in [-0.39, 0.29) is 30.2 Å². The summed E-state index contributed by atoms with van der Waals surface area (Å²) >= 11 is 1.76. The van der Waals surface area contributed by atoms with E-state index in [1.807, 2.05) is 0 Å². The molecule has 1 rings (SSSR count). The van der Waals surface area contributed by atoms with Gasteiger partial charge in [-0.2, -0.15) is 0 Å². The first-order valence-electron chi connectivity index (χ1n) is 5.80. The van der Waals surface area contributed by atoms with Crippen molar-refractivity contribution >= 4 is 35.1 Å². The van der Waals surface area contributed by atoms with E-state index in [1.165, 1.54) is 38.5 Å². The molecule has 0 unspecified atom stereocenters. The Bertz CT molecular complexity index is 375. The van der Waals surface area contributed by atoms with E-state index < -0.39 is 0 Å². The van der Waals surface area contributed by atoms with Crippen LogP contribution in [0.4, 0.5) is 0 Å². The minimum absolute atomic E-state index is 0. The smallest absolute Gasteiger partial charge is 0.147 e. The Morgan fingerprint density at radius 1 is 1.17 bits per heavy atom. The third-order valence-corrected chi connectivity index (χ3v) is 4.25. The van der Waals surface area contributed by atoms with Crippen LogP contribution >= 0.6 is 24.8 Å². The molecule has 0 saturated carbocycles. The minimum Gasteiger partial charge on any atom is -0.147 e. The monoisotopic (exact) mass is 341 g/mol. The average molecular weight is 342 g/mol. The second-order valence-electron chi connectivity index (χ2n) is 5.36. The van der Waals surface area contributed by atoms with Crippen molar-refractivity contribution in [2.75, 3.05) is 0 Å². The molecule has 0 aliphatic carbocycles. The third-order valence-electron chi connectivity index (χ3n) is 3.15. The minimum atomic E-state index is 0. The van der Waals surface area contributed by atoms with Crippen LogP contribution in [-0.4, -0.2) is 10.2 Å². The Hall–Kier alpha value is 0.531. The van der Waals surface area contributed by atoms with Gasteiger partial charge in [0.15, 0.2) is 0 Å². The Balaban J connectivity index is 0. The first-order valence-corrected chi connectivity index (χ1v) is 7.85. The molecule has 103 valence electrons. The molecule has 0 aliphatic rings. The summed E-state index contributed by atoms with van der Waals surface area (Å²) in [4.78, 5) is 0. The summed E-state index contributed by atoms with van der Waals surface area (Å²) in [5, 5.41) is 0. The summed E-state index contributed by atoms with van der Waals surface area (Å²) < 4.78 is 5.49. The van der Waals surface area contributed by atoms with Crippen LogP contribution in [0.1, 0.15) is 43.0 Å². The van der Waals surface area contributed by atoms with Crippen molar-refractivity contribution in [3.8, 4) is 5.75 Å². The number of hydrogen-bond acceptors (Lipinski definition) is 1. The van der Waals surface area contributed by atoms with Crippen molar-refractivity contribution in [2.45, 2.75) is 46.1 Å². The maximum atomic E-state index is 5.49. The fourth-order valence-corrected chi connectivity index (χ4v) is 3.60. The van der Waals surface area contributed by atoms with Crippen LogP contribution in [0.5, 0.6) is 5.75 Å². The fraction of sp³-hybridized carbons (Fsp3) is 0.538. The van der Waals surface area contributed by atoms with E-state index in [1.54, 1.807) is 20.8 Å². The van der Waals surface area contributed by atoms with Crippen molar-refractivity contribution in [3.05, 3.63) is 28.3 Å². The van der Waals surface area contributed by atoms with Crippen LogP contribution in [0.3, 0.4) is 0 Å². The molecule has 0 radical (unpaired) electrons. The van der Waals surface area contributed by atoms with Crippen LogP contribution in [0.2, 0.25) is 0 Å². The molecule has 1 aromatic rings.